The molecule has 0 radical (unpaired) electrons. The van der Waals surface area contributed by atoms with Gasteiger partial charge in [-0.1, -0.05) is 0 Å². The topological polar surface area (TPSA) is 36.9 Å². The number of hydrogen-bond donors (Lipinski definition) is 0. The predicted octanol–water partition coefficient (Wildman–Crippen LogP) is -2.23. The first kappa shape index (κ1) is 15.4. The summed E-state index contributed by atoms with van der Waals surface area (Å²) in [7, 11) is 0. The molecule has 12 heavy (non-hydrogen) atoms. The van der Waals surface area contributed by atoms with Gasteiger partial charge in [-0.2, -0.15) is 0 Å². The predicted molar refractivity (Wildman–Crippen MR) is 43.1 cm³/mol. The summed E-state index contributed by atoms with van der Waals surface area (Å²) in [4.78, 5) is 0. The summed E-state index contributed by atoms with van der Waals surface area (Å²) in [5.74, 6) is 0. The molecule has 0 bridgehead atoms. The maximum absolute atomic E-state index is 4.98. The van der Waals surface area contributed by atoms with E-state index in [-0.39, 0.29) is 21.7 Å². The Balaban J connectivity index is -0.000000167. The van der Waals surface area contributed by atoms with E-state index in [0.717, 1.165) is 0 Å². The maximum atomic E-state index is 4.98. The standard InChI is InChI=1S/2C3H7O2.Al.Li.2H/c2*1-2-5-3-4;;;;/h2*2-3H2,1H3;;;;/q2*-1;+3;+1;2*-1. The Morgan fingerprint density at radius 1 is 1.00 bits per heavy atom. The zero-order valence-corrected chi connectivity index (χ0v) is 9.19. The molecule has 0 N–H and O–H groups in total. The van der Waals surface area contributed by atoms with Crippen LogP contribution >= 0.6 is 0 Å². The van der Waals surface area contributed by atoms with Crippen LogP contribution in [0.4, 0.5) is 0 Å². The van der Waals surface area contributed by atoms with Crippen LogP contribution in [0.3, 0.4) is 0 Å². The Hall–Kier alpha value is 0.970. The Kier molecular flexibility index (Phi) is 18.6. The van der Waals surface area contributed by atoms with Crippen molar-refractivity contribution in [2.24, 2.45) is 0 Å². The van der Waals surface area contributed by atoms with Crippen LogP contribution in [0.1, 0.15) is 16.7 Å². The second kappa shape index (κ2) is 14.5. The second-order valence-corrected chi connectivity index (χ2v) is 2.51. The molecule has 0 aromatic heterocycles. The van der Waals surface area contributed by atoms with Crippen LogP contribution < -0.4 is 18.9 Å². The SMILES string of the molecule is CCOC[O][Al+][O]COCC.[H-].[H-].[Li+]. The zero-order valence-electron chi connectivity index (χ0n) is 10.0. The van der Waals surface area contributed by atoms with Gasteiger partial charge in [0.1, 0.15) is 0 Å². The molecule has 0 aliphatic rings. The van der Waals surface area contributed by atoms with Gasteiger partial charge in [0.25, 0.3) is 0 Å². The fourth-order valence-corrected chi connectivity index (χ4v) is 0.766. The van der Waals surface area contributed by atoms with Crippen molar-refractivity contribution in [3.8, 4) is 0 Å². The van der Waals surface area contributed by atoms with Crippen molar-refractivity contribution in [3.63, 3.8) is 0 Å². The van der Waals surface area contributed by atoms with Gasteiger partial charge in [-0.05, 0) is 0 Å². The van der Waals surface area contributed by atoms with E-state index < -0.39 is 15.9 Å². The molecule has 0 spiro atoms. The number of hydrogen-bond acceptors (Lipinski definition) is 4. The van der Waals surface area contributed by atoms with Crippen molar-refractivity contribution in [2.75, 3.05) is 26.8 Å². The van der Waals surface area contributed by atoms with Gasteiger partial charge in [0.05, 0.1) is 0 Å². The van der Waals surface area contributed by atoms with Crippen LogP contribution in [0.25, 0.3) is 0 Å². The molecule has 0 rings (SSSR count). The summed E-state index contributed by atoms with van der Waals surface area (Å²) in [5.41, 5.74) is 0. The molecule has 4 nitrogen and oxygen atoms in total. The van der Waals surface area contributed by atoms with E-state index in [4.69, 9.17) is 17.1 Å². The fraction of sp³-hybridized carbons (Fsp3) is 1.00. The van der Waals surface area contributed by atoms with E-state index >= 15 is 0 Å². The quantitative estimate of drug-likeness (QED) is 0.244. The summed E-state index contributed by atoms with van der Waals surface area (Å²) in [6, 6.07) is 0. The first-order valence-electron chi connectivity index (χ1n) is 3.62. The largest absolute Gasteiger partial charge is 1.00 e. The summed E-state index contributed by atoms with van der Waals surface area (Å²) in [6.45, 7) is 5.81. The van der Waals surface area contributed by atoms with Crippen molar-refractivity contribution in [1.29, 1.82) is 0 Å². The first-order chi connectivity index (χ1) is 5.41. The smallest absolute Gasteiger partial charge is 1.00 e. The molecule has 0 fully saturated rings. The van der Waals surface area contributed by atoms with Crippen LogP contribution in [0.5, 0.6) is 0 Å². The van der Waals surface area contributed by atoms with Crippen LogP contribution in [-0.2, 0) is 17.1 Å². The molecule has 0 unspecified atom stereocenters. The summed E-state index contributed by atoms with van der Waals surface area (Å²) in [5, 5.41) is 0. The Bertz CT molecular complexity index is 76.9. The van der Waals surface area contributed by atoms with E-state index in [1.165, 1.54) is 0 Å². The molecule has 0 aliphatic heterocycles. The minimum Gasteiger partial charge on any atom is -1.00 e. The van der Waals surface area contributed by atoms with E-state index in [1.807, 2.05) is 13.8 Å². The zero-order chi connectivity index (χ0) is 8.36. The van der Waals surface area contributed by atoms with Gasteiger partial charge in [0.15, 0.2) is 0 Å². The molecule has 0 saturated heterocycles. The van der Waals surface area contributed by atoms with E-state index in [0.29, 0.717) is 26.8 Å². The van der Waals surface area contributed by atoms with Gasteiger partial charge in [0, 0.05) is 0 Å². The Morgan fingerprint density at radius 3 is 1.75 bits per heavy atom. The van der Waals surface area contributed by atoms with Gasteiger partial charge in [-0.25, -0.2) is 0 Å². The molecule has 0 atom stereocenters. The third-order valence-electron chi connectivity index (χ3n) is 0.847. The van der Waals surface area contributed by atoms with Crippen molar-refractivity contribution in [3.05, 3.63) is 0 Å². The Labute approximate surface area is 95.4 Å². The monoisotopic (exact) mass is 186 g/mol. The summed E-state index contributed by atoms with van der Waals surface area (Å²) in [6.07, 6.45) is 0. The normalized spacial score (nSPS) is 8.83. The van der Waals surface area contributed by atoms with Gasteiger partial charge in [-0.3, -0.25) is 0 Å². The van der Waals surface area contributed by atoms with Gasteiger partial charge < -0.3 is 2.85 Å². The maximum Gasteiger partial charge on any atom is 1.00 e. The van der Waals surface area contributed by atoms with Crippen LogP contribution in [0.15, 0.2) is 0 Å². The average Bonchev–Trinajstić information content (AvgIpc) is 2.03. The molecule has 68 valence electrons. The van der Waals surface area contributed by atoms with E-state index in [2.05, 4.69) is 0 Å². The Morgan fingerprint density at radius 2 is 1.42 bits per heavy atom. The molecule has 0 heterocycles. The van der Waals surface area contributed by atoms with Crippen molar-refractivity contribution in [2.45, 2.75) is 13.8 Å². The molecule has 0 saturated carbocycles. The number of ether oxygens (including phenoxy) is 2. The average molecular weight is 186 g/mol. The molecular formula is C6H16AlLiO4. The van der Waals surface area contributed by atoms with Crippen molar-refractivity contribution in [1.82, 2.24) is 0 Å². The minimum atomic E-state index is -0.439. The number of rotatable bonds is 8. The van der Waals surface area contributed by atoms with Crippen molar-refractivity contribution >= 4 is 15.9 Å². The third-order valence-corrected chi connectivity index (χ3v) is 1.39. The minimum absolute atomic E-state index is 0. The fourth-order valence-electron chi connectivity index (χ4n) is 0.367. The molecule has 0 amide bonds. The molecule has 0 aromatic carbocycles. The van der Waals surface area contributed by atoms with Crippen molar-refractivity contribution < 1.29 is 38.8 Å². The van der Waals surface area contributed by atoms with Crippen LogP contribution in [0.2, 0.25) is 0 Å². The van der Waals surface area contributed by atoms with Gasteiger partial charge in [0.2, 0.25) is 0 Å². The van der Waals surface area contributed by atoms with E-state index in [1.54, 1.807) is 0 Å². The van der Waals surface area contributed by atoms with Crippen LogP contribution in [-0.4, -0.2) is 42.7 Å². The first-order valence-corrected chi connectivity index (χ1v) is 4.56. The molecule has 6 heteroatoms. The van der Waals surface area contributed by atoms with Crippen LogP contribution in [0, 0.1) is 0 Å². The molecule has 0 aliphatic carbocycles. The summed E-state index contributed by atoms with van der Waals surface area (Å²) >= 11 is -0.439. The second-order valence-electron chi connectivity index (χ2n) is 1.65. The third kappa shape index (κ3) is 13.6. The molecular weight excluding hydrogens is 170 g/mol. The van der Waals surface area contributed by atoms with Gasteiger partial charge >= 0.3 is 92.4 Å². The summed E-state index contributed by atoms with van der Waals surface area (Å²) < 4.78 is 19.8. The van der Waals surface area contributed by atoms with E-state index in [9.17, 15) is 0 Å². The van der Waals surface area contributed by atoms with Gasteiger partial charge in [-0.15, -0.1) is 0 Å². The molecule has 0 aromatic rings.